The molecule has 1 atom stereocenters. The molecule has 0 saturated heterocycles. The molecule has 1 aromatic rings. The quantitative estimate of drug-likeness (QED) is 0.853. The smallest absolute Gasteiger partial charge is 0.0624 e. The molecule has 2 rings (SSSR count). The first-order chi connectivity index (χ1) is 9.37. The summed E-state index contributed by atoms with van der Waals surface area (Å²) in [6.45, 7) is 10.0. The lowest BCUT2D eigenvalue weighted by Crippen LogP contribution is -2.42. The van der Waals surface area contributed by atoms with Crippen molar-refractivity contribution in [2.24, 2.45) is 11.1 Å². The van der Waals surface area contributed by atoms with E-state index in [-0.39, 0.29) is 5.54 Å². The van der Waals surface area contributed by atoms with E-state index >= 15 is 0 Å². The predicted octanol–water partition coefficient (Wildman–Crippen LogP) is 3.70. The van der Waals surface area contributed by atoms with Gasteiger partial charge >= 0.3 is 0 Å². The van der Waals surface area contributed by atoms with Gasteiger partial charge in [0.1, 0.15) is 0 Å². The van der Waals surface area contributed by atoms with Crippen molar-refractivity contribution in [3.8, 4) is 0 Å². The summed E-state index contributed by atoms with van der Waals surface area (Å²) in [5.41, 5.74) is 9.69. The van der Waals surface area contributed by atoms with Crippen molar-refractivity contribution >= 4 is 0 Å². The number of aryl methyl sites for hydroxylation is 2. The first kappa shape index (κ1) is 15.6. The molecule has 1 aliphatic rings. The minimum atomic E-state index is -0.0360. The molecule has 1 saturated carbocycles. The number of rotatable bonds is 4. The van der Waals surface area contributed by atoms with Crippen molar-refractivity contribution in [2.45, 2.75) is 84.7 Å². The fourth-order valence-corrected chi connectivity index (χ4v) is 3.40. The molecule has 20 heavy (non-hydrogen) atoms. The Labute approximate surface area is 123 Å². The zero-order chi connectivity index (χ0) is 14.8. The molecule has 3 nitrogen and oxygen atoms in total. The molecule has 1 fully saturated rings. The summed E-state index contributed by atoms with van der Waals surface area (Å²) in [6, 6.07) is 2.26. The third-order valence-corrected chi connectivity index (χ3v) is 4.94. The maximum atomic E-state index is 6.75. The van der Waals surface area contributed by atoms with Gasteiger partial charge in [0.25, 0.3) is 0 Å². The molecule has 3 heteroatoms. The number of nitrogens with two attached hydrogens (primary N) is 1. The highest BCUT2D eigenvalue weighted by molar-refractivity contribution is 5.14. The summed E-state index contributed by atoms with van der Waals surface area (Å²) >= 11 is 0. The van der Waals surface area contributed by atoms with Crippen LogP contribution >= 0.6 is 0 Å². The lowest BCUT2D eigenvalue weighted by molar-refractivity contribution is 0.295. The molecule has 1 aromatic heterocycles. The van der Waals surface area contributed by atoms with Gasteiger partial charge in [-0.05, 0) is 50.5 Å². The molecule has 1 unspecified atom stereocenters. The van der Waals surface area contributed by atoms with Crippen LogP contribution in [0, 0.1) is 5.41 Å². The van der Waals surface area contributed by atoms with Crippen LogP contribution in [0.4, 0.5) is 0 Å². The summed E-state index contributed by atoms with van der Waals surface area (Å²) in [5, 5.41) is 4.66. The van der Waals surface area contributed by atoms with Gasteiger partial charge in [-0.15, -0.1) is 0 Å². The zero-order valence-electron chi connectivity index (χ0n) is 13.7. The van der Waals surface area contributed by atoms with Gasteiger partial charge in [0, 0.05) is 24.2 Å². The van der Waals surface area contributed by atoms with Crippen LogP contribution in [0.3, 0.4) is 0 Å². The first-order valence-corrected chi connectivity index (χ1v) is 8.22. The van der Waals surface area contributed by atoms with Gasteiger partial charge in [-0.2, -0.15) is 5.10 Å². The van der Waals surface area contributed by atoms with E-state index in [0.717, 1.165) is 32.2 Å². The second-order valence-electron chi connectivity index (χ2n) is 7.35. The number of nitrogens with zero attached hydrogens (tertiary/aromatic N) is 2. The molecule has 1 aliphatic carbocycles. The lowest BCUT2D eigenvalue weighted by Gasteiger charge is -2.29. The van der Waals surface area contributed by atoms with E-state index in [1.54, 1.807) is 0 Å². The molecule has 0 bridgehead atoms. The summed E-state index contributed by atoms with van der Waals surface area (Å²) in [7, 11) is 0. The minimum Gasteiger partial charge on any atom is -0.325 e. The second kappa shape index (κ2) is 5.88. The van der Waals surface area contributed by atoms with E-state index in [1.165, 1.54) is 30.7 Å². The van der Waals surface area contributed by atoms with E-state index in [9.17, 15) is 0 Å². The fraction of sp³-hybridized carbons (Fsp3) is 0.824. The SMILES string of the molecule is CCc1cc(CC2(N)CCCC(C)(C)CC2)n(CC)n1. The van der Waals surface area contributed by atoms with E-state index < -0.39 is 0 Å². The third-order valence-electron chi connectivity index (χ3n) is 4.94. The van der Waals surface area contributed by atoms with Gasteiger partial charge in [-0.25, -0.2) is 0 Å². The molecule has 0 spiro atoms. The van der Waals surface area contributed by atoms with Gasteiger partial charge in [-0.1, -0.05) is 27.2 Å². The van der Waals surface area contributed by atoms with Crippen molar-refractivity contribution in [3.63, 3.8) is 0 Å². The second-order valence-corrected chi connectivity index (χ2v) is 7.35. The van der Waals surface area contributed by atoms with Crippen LogP contribution < -0.4 is 5.73 Å². The Hall–Kier alpha value is -0.830. The molecule has 0 radical (unpaired) electrons. The number of hydrogen-bond acceptors (Lipinski definition) is 2. The van der Waals surface area contributed by atoms with Crippen LogP contribution in [-0.4, -0.2) is 15.3 Å². The minimum absolute atomic E-state index is 0.0360. The fourth-order valence-electron chi connectivity index (χ4n) is 3.40. The van der Waals surface area contributed by atoms with Crippen LogP contribution in [0.15, 0.2) is 6.07 Å². The van der Waals surface area contributed by atoms with Gasteiger partial charge in [-0.3, -0.25) is 4.68 Å². The molecule has 2 N–H and O–H groups in total. The Balaban J connectivity index is 2.13. The average Bonchev–Trinajstić information content (AvgIpc) is 2.72. The zero-order valence-corrected chi connectivity index (χ0v) is 13.7. The summed E-state index contributed by atoms with van der Waals surface area (Å²) in [6.07, 6.45) is 8.06. The van der Waals surface area contributed by atoms with Gasteiger partial charge in [0.2, 0.25) is 0 Å². The largest absolute Gasteiger partial charge is 0.325 e. The van der Waals surface area contributed by atoms with Gasteiger partial charge in [0.05, 0.1) is 5.69 Å². The first-order valence-electron chi connectivity index (χ1n) is 8.22. The molecular formula is C17H31N3. The molecule has 114 valence electrons. The Morgan fingerprint density at radius 2 is 1.95 bits per heavy atom. The lowest BCUT2D eigenvalue weighted by atomic mass is 9.82. The van der Waals surface area contributed by atoms with Crippen molar-refractivity contribution in [3.05, 3.63) is 17.5 Å². The van der Waals surface area contributed by atoms with E-state index in [0.29, 0.717) is 5.41 Å². The van der Waals surface area contributed by atoms with Gasteiger partial charge < -0.3 is 5.73 Å². The van der Waals surface area contributed by atoms with E-state index in [2.05, 4.69) is 43.5 Å². The Morgan fingerprint density at radius 1 is 1.20 bits per heavy atom. The van der Waals surface area contributed by atoms with Crippen LogP contribution in [0.2, 0.25) is 0 Å². The predicted molar refractivity (Wildman–Crippen MR) is 84.8 cm³/mol. The highest BCUT2D eigenvalue weighted by atomic mass is 15.3. The average molecular weight is 277 g/mol. The van der Waals surface area contributed by atoms with Crippen LogP contribution in [-0.2, 0) is 19.4 Å². The van der Waals surface area contributed by atoms with Crippen LogP contribution in [0.25, 0.3) is 0 Å². The molecule has 0 aromatic carbocycles. The highest BCUT2D eigenvalue weighted by Crippen LogP contribution is 2.38. The van der Waals surface area contributed by atoms with Gasteiger partial charge in [0.15, 0.2) is 0 Å². The monoisotopic (exact) mass is 277 g/mol. The summed E-state index contributed by atoms with van der Waals surface area (Å²) < 4.78 is 2.14. The molecular weight excluding hydrogens is 246 g/mol. The Morgan fingerprint density at radius 3 is 2.60 bits per heavy atom. The van der Waals surface area contributed by atoms with E-state index in [1.807, 2.05) is 0 Å². The molecule has 0 aliphatic heterocycles. The normalized spacial score (nSPS) is 26.4. The van der Waals surface area contributed by atoms with Crippen molar-refractivity contribution < 1.29 is 0 Å². The molecule has 0 amide bonds. The van der Waals surface area contributed by atoms with Crippen LogP contribution in [0.5, 0.6) is 0 Å². The van der Waals surface area contributed by atoms with Crippen LogP contribution in [0.1, 0.15) is 71.2 Å². The number of hydrogen-bond donors (Lipinski definition) is 1. The number of aromatic nitrogens is 2. The van der Waals surface area contributed by atoms with Crippen molar-refractivity contribution in [1.29, 1.82) is 0 Å². The van der Waals surface area contributed by atoms with E-state index in [4.69, 9.17) is 5.73 Å². The highest BCUT2D eigenvalue weighted by Gasteiger charge is 2.33. The summed E-state index contributed by atoms with van der Waals surface area (Å²) in [5.74, 6) is 0. The topological polar surface area (TPSA) is 43.8 Å². The Bertz CT molecular complexity index is 447. The standard InChI is InChI=1S/C17H31N3/c1-5-14-12-15(20(6-2)19-14)13-17(18)9-7-8-16(3,4)10-11-17/h12H,5-11,13,18H2,1-4H3. The summed E-state index contributed by atoms with van der Waals surface area (Å²) in [4.78, 5) is 0. The maximum Gasteiger partial charge on any atom is 0.0624 e. The van der Waals surface area contributed by atoms with Crippen molar-refractivity contribution in [1.82, 2.24) is 9.78 Å². The maximum absolute atomic E-state index is 6.75. The molecule has 1 heterocycles. The third kappa shape index (κ3) is 3.63. The van der Waals surface area contributed by atoms with Crippen molar-refractivity contribution in [2.75, 3.05) is 0 Å². The Kier molecular flexibility index (Phi) is 4.58.